The zero-order valence-electron chi connectivity index (χ0n) is 13.1. The molecular formula is C15H23N5S. The Labute approximate surface area is 130 Å². The number of hydrogen-bond acceptors (Lipinski definition) is 6. The van der Waals surface area contributed by atoms with Gasteiger partial charge in [0.05, 0.1) is 17.2 Å². The van der Waals surface area contributed by atoms with Gasteiger partial charge in [-0.15, -0.1) is 11.3 Å². The van der Waals surface area contributed by atoms with E-state index in [1.807, 2.05) is 20.0 Å². The molecular weight excluding hydrogens is 282 g/mol. The van der Waals surface area contributed by atoms with Crippen molar-refractivity contribution in [3.8, 4) is 0 Å². The average molecular weight is 305 g/mol. The van der Waals surface area contributed by atoms with E-state index in [1.54, 1.807) is 11.3 Å². The molecule has 0 fully saturated rings. The molecule has 0 aliphatic rings. The number of nitrogens with two attached hydrogens (primary N) is 1. The second-order valence-corrected chi connectivity index (χ2v) is 6.38. The van der Waals surface area contributed by atoms with Crippen LogP contribution in [-0.4, -0.2) is 28.5 Å². The van der Waals surface area contributed by atoms with E-state index in [0.29, 0.717) is 12.5 Å². The van der Waals surface area contributed by atoms with Gasteiger partial charge in [0.15, 0.2) is 0 Å². The summed E-state index contributed by atoms with van der Waals surface area (Å²) in [5.41, 5.74) is 7.69. The van der Waals surface area contributed by atoms with Crippen molar-refractivity contribution in [2.75, 3.05) is 18.5 Å². The van der Waals surface area contributed by atoms with Gasteiger partial charge in [-0.25, -0.2) is 15.0 Å². The zero-order valence-corrected chi connectivity index (χ0v) is 13.9. The summed E-state index contributed by atoms with van der Waals surface area (Å²) in [6, 6.07) is 2.01. The monoisotopic (exact) mass is 305 g/mol. The molecule has 0 aliphatic carbocycles. The lowest BCUT2D eigenvalue weighted by molar-refractivity contribution is 0.809. The number of rotatable bonds is 6. The summed E-state index contributed by atoms with van der Waals surface area (Å²) in [7, 11) is 2.03. The maximum atomic E-state index is 5.61. The van der Waals surface area contributed by atoms with Crippen molar-refractivity contribution in [1.82, 2.24) is 15.0 Å². The summed E-state index contributed by atoms with van der Waals surface area (Å²) < 4.78 is 0. The fourth-order valence-corrected chi connectivity index (χ4v) is 2.89. The molecule has 2 aromatic heterocycles. The van der Waals surface area contributed by atoms with Crippen LogP contribution >= 0.6 is 11.3 Å². The molecule has 0 atom stereocenters. The maximum Gasteiger partial charge on any atom is 0.132 e. The molecule has 0 saturated carbocycles. The summed E-state index contributed by atoms with van der Waals surface area (Å²) in [6.07, 6.45) is 0.776. The number of aryl methyl sites for hydroxylation is 1. The largest absolute Gasteiger partial charge is 0.354 e. The first-order valence-corrected chi connectivity index (χ1v) is 8.07. The second kappa shape index (κ2) is 6.95. The molecule has 0 aromatic carbocycles. The summed E-state index contributed by atoms with van der Waals surface area (Å²) in [5.74, 6) is 2.18. The highest BCUT2D eigenvalue weighted by Gasteiger charge is 2.11. The van der Waals surface area contributed by atoms with Gasteiger partial charge in [-0.1, -0.05) is 13.8 Å². The third-order valence-corrected chi connectivity index (χ3v) is 4.33. The van der Waals surface area contributed by atoms with Crippen molar-refractivity contribution in [2.24, 2.45) is 5.73 Å². The van der Waals surface area contributed by atoms with Crippen molar-refractivity contribution in [3.63, 3.8) is 0 Å². The molecule has 0 bridgehead atoms. The van der Waals surface area contributed by atoms with Crippen LogP contribution < -0.4 is 10.6 Å². The molecule has 0 aliphatic heterocycles. The fourth-order valence-electron chi connectivity index (χ4n) is 2.07. The van der Waals surface area contributed by atoms with Crippen LogP contribution in [0.25, 0.3) is 0 Å². The molecule has 0 saturated heterocycles. The van der Waals surface area contributed by atoms with Crippen LogP contribution in [0.15, 0.2) is 11.4 Å². The van der Waals surface area contributed by atoms with Crippen LogP contribution in [-0.2, 0) is 13.0 Å². The van der Waals surface area contributed by atoms with Gasteiger partial charge >= 0.3 is 0 Å². The molecule has 0 amide bonds. The number of aromatic nitrogens is 3. The van der Waals surface area contributed by atoms with Crippen LogP contribution in [0.1, 0.15) is 42.0 Å². The van der Waals surface area contributed by atoms with E-state index in [-0.39, 0.29) is 0 Å². The lowest BCUT2D eigenvalue weighted by Gasteiger charge is -2.18. The Bertz CT molecular complexity index is 593. The Balaban J connectivity index is 2.13. The molecule has 5 nitrogen and oxygen atoms in total. The van der Waals surface area contributed by atoms with Gasteiger partial charge in [0.25, 0.3) is 0 Å². The highest BCUT2D eigenvalue weighted by Crippen LogP contribution is 2.21. The molecule has 0 spiro atoms. The number of nitrogens with zero attached hydrogens (tertiary/aromatic N) is 4. The Morgan fingerprint density at radius 3 is 2.62 bits per heavy atom. The van der Waals surface area contributed by atoms with Gasteiger partial charge in [0, 0.05) is 36.5 Å². The Morgan fingerprint density at radius 2 is 2.00 bits per heavy atom. The molecule has 2 rings (SSSR count). The predicted octanol–water partition coefficient (Wildman–Crippen LogP) is 2.50. The molecule has 0 radical (unpaired) electrons. The fraction of sp³-hybridized carbons (Fsp3) is 0.533. The lowest BCUT2D eigenvalue weighted by Crippen LogP contribution is -2.19. The number of hydrogen-bond donors (Lipinski definition) is 1. The van der Waals surface area contributed by atoms with E-state index in [2.05, 4.69) is 39.1 Å². The van der Waals surface area contributed by atoms with Crippen LogP contribution in [0, 0.1) is 6.92 Å². The third kappa shape index (κ3) is 4.22. The van der Waals surface area contributed by atoms with Gasteiger partial charge in [0.1, 0.15) is 11.6 Å². The Hall–Kier alpha value is -1.53. The maximum absolute atomic E-state index is 5.61. The minimum absolute atomic E-state index is 0.478. The molecule has 21 heavy (non-hydrogen) atoms. The molecule has 2 N–H and O–H groups in total. The lowest BCUT2D eigenvalue weighted by atomic mass is 10.2. The van der Waals surface area contributed by atoms with Crippen LogP contribution in [0.5, 0.6) is 0 Å². The first kappa shape index (κ1) is 15.9. The van der Waals surface area contributed by atoms with Crippen LogP contribution in [0.4, 0.5) is 5.82 Å². The van der Waals surface area contributed by atoms with Crippen molar-refractivity contribution >= 4 is 17.2 Å². The van der Waals surface area contributed by atoms with Gasteiger partial charge in [-0.2, -0.15) is 0 Å². The first-order valence-electron chi connectivity index (χ1n) is 7.19. The van der Waals surface area contributed by atoms with Gasteiger partial charge < -0.3 is 10.6 Å². The van der Waals surface area contributed by atoms with E-state index in [4.69, 9.17) is 5.73 Å². The summed E-state index contributed by atoms with van der Waals surface area (Å²) in [4.78, 5) is 15.7. The van der Waals surface area contributed by atoms with Crippen LogP contribution in [0.2, 0.25) is 0 Å². The molecule has 2 aromatic rings. The minimum atomic E-state index is 0.478. The Kier molecular flexibility index (Phi) is 5.25. The number of anilines is 1. The highest BCUT2D eigenvalue weighted by molar-refractivity contribution is 7.09. The van der Waals surface area contributed by atoms with E-state index in [0.717, 1.165) is 36.0 Å². The van der Waals surface area contributed by atoms with Crippen LogP contribution in [0.3, 0.4) is 0 Å². The minimum Gasteiger partial charge on any atom is -0.354 e. The molecule has 114 valence electrons. The van der Waals surface area contributed by atoms with E-state index in [9.17, 15) is 0 Å². The second-order valence-electron chi connectivity index (χ2n) is 5.49. The normalized spacial score (nSPS) is 11.1. The zero-order chi connectivity index (χ0) is 15.4. The SMILES string of the molecule is Cc1nc(CCN)cc(N(C)Cc2csc(C(C)C)n2)n1. The molecule has 6 heteroatoms. The molecule has 0 unspecified atom stereocenters. The smallest absolute Gasteiger partial charge is 0.132 e. The van der Waals surface area contributed by atoms with Gasteiger partial charge in [-0.3, -0.25) is 0 Å². The highest BCUT2D eigenvalue weighted by atomic mass is 32.1. The standard InChI is InChI=1S/C15H23N5S/c1-10(2)15-19-13(9-21-15)8-20(4)14-7-12(5-6-16)17-11(3)18-14/h7,9-10H,5-6,8,16H2,1-4H3. The van der Waals surface area contributed by atoms with Gasteiger partial charge in [-0.05, 0) is 13.5 Å². The summed E-state index contributed by atoms with van der Waals surface area (Å²) in [6.45, 7) is 7.60. The quantitative estimate of drug-likeness (QED) is 0.888. The molecule has 2 heterocycles. The average Bonchev–Trinajstić information content (AvgIpc) is 2.87. The number of thiazole rings is 1. The summed E-state index contributed by atoms with van der Waals surface area (Å²) in [5, 5.41) is 3.31. The summed E-state index contributed by atoms with van der Waals surface area (Å²) >= 11 is 1.72. The Morgan fingerprint density at radius 1 is 1.24 bits per heavy atom. The van der Waals surface area contributed by atoms with Crippen molar-refractivity contribution in [2.45, 2.75) is 39.7 Å². The predicted molar refractivity (Wildman–Crippen MR) is 87.8 cm³/mol. The van der Waals surface area contributed by atoms with Gasteiger partial charge in [0.2, 0.25) is 0 Å². The van der Waals surface area contributed by atoms with Crippen molar-refractivity contribution in [3.05, 3.63) is 33.7 Å². The van der Waals surface area contributed by atoms with E-state index >= 15 is 0 Å². The van der Waals surface area contributed by atoms with E-state index in [1.165, 1.54) is 5.01 Å². The third-order valence-electron chi connectivity index (χ3n) is 3.13. The van der Waals surface area contributed by atoms with E-state index < -0.39 is 0 Å². The topological polar surface area (TPSA) is 67.9 Å². The first-order chi connectivity index (χ1) is 9.99. The van der Waals surface area contributed by atoms with Crippen molar-refractivity contribution in [1.29, 1.82) is 0 Å². The van der Waals surface area contributed by atoms with Crippen molar-refractivity contribution < 1.29 is 0 Å².